The smallest absolute Gasteiger partial charge is 0.0843 e. The minimum absolute atomic E-state index is 0.149. The van der Waals surface area contributed by atoms with Crippen LogP contribution in [0.2, 0.25) is 0 Å². The van der Waals surface area contributed by atoms with Crippen LogP contribution in [0.15, 0.2) is 24.3 Å². The molecule has 2 heteroatoms. The van der Waals surface area contributed by atoms with Gasteiger partial charge >= 0.3 is 0 Å². The normalized spacial score (nSPS) is 18.9. The molecule has 1 fully saturated rings. The number of benzene rings is 1. The lowest BCUT2D eigenvalue weighted by molar-refractivity contribution is 0.0770. The van der Waals surface area contributed by atoms with Crippen LogP contribution in [0.25, 0.3) is 0 Å². The molecule has 1 saturated carbocycles. The van der Waals surface area contributed by atoms with Crippen molar-refractivity contribution in [3.63, 3.8) is 0 Å². The van der Waals surface area contributed by atoms with Crippen molar-refractivity contribution in [2.45, 2.75) is 37.7 Å². The Morgan fingerprint density at radius 1 is 1.33 bits per heavy atom. The zero-order chi connectivity index (χ0) is 11.1. The molecule has 0 aromatic heterocycles. The number of hydrogen-bond donors (Lipinski definition) is 2. The van der Waals surface area contributed by atoms with Crippen molar-refractivity contribution in [3.05, 3.63) is 35.4 Å². The van der Waals surface area contributed by atoms with Gasteiger partial charge in [-0.25, -0.2) is 0 Å². The molecule has 0 bridgehead atoms. The molecule has 2 nitrogen and oxygen atoms in total. The van der Waals surface area contributed by atoms with E-state index in [9.17, 15) is 5.11 Å². The average molecular weight is 205 g/mol. The summed E-state index contributed by atoms with van der Waals surface area (Å²) < 4.78 is 0. The number of hydrogen-bond acceptors (Lipinski definition) is 2. The van der Waals surface area contributed by atoms with Crippen molar-refractivity contribution >= 4 is 0 Å². The Morgan fingerprint density at radius 3 is 2.40 bits per heavy atom. The van der Waals surface area contributed by atoms with Crippen molar-refractivity contribution in [2.24, 2.45) is 5.73 Å². The van der Waals surface area contributed by atoms with Crippen LogP contribution in [0.1, 0.15) is 37.8 Å². The molecule has 0 radical (unpaired) electrons. The fraction of sp³-hybridized carbons (Fsp3) is 0.538. The number of nitrogens with two attached hydrogens (primary N) is 1. The largest absolute Gasteiger partial charge is 0.386 e. The monoisotopic (exact) mass is 205 g/mol. The molecule has 0 atom stereocenters. The zero-order valence-corrected chi connectivity index (χ0v) is 9.46. The topological polar surface area (TPSA) is 46.2 Å². The SMILES string of the molecule is CC(C)(O)c1ccccc1C1(CN)CC1. The van der Waals surface area contributed by atoms with Crippen LogP contribution < -0.4 is 5.73 Å². The molecule has 1 aliphatic rings. The van der Waals surface area contributed by atoms with Crippen molar-refractivity contribution in [2.75, 3.05) is 6.54 Å². The first-order valence-electron chi connectivity index (χ1n) is 5.52. The Labute approximate surface area is 91.1 Å². The van der Waals surface area contributed by atoms with Gasteiger partial charge < -0.3 is 10.8 Å². The molecule has 0 aliphatic heterocycles. The van der Waals surface area contributed by atoms with Gasteiger partial charge in [-0.2, -0.15) is 0 Å². The van der Waals surface area contributed by atoms with Gasteiger partial charge in [0.05, 0.1) is 5.60 Å². The minimum Gasteiger partial charge on any atom is -0.386 e. The second-order valence-corrected chi connectivity index (χ2v) is 5.09. The molecule has 1 aliphatic carbocycles. The van der Waals surface area contributed by atoms with E-state index in [-0.39, 0.29) is 5.41 Å². The molecule has 0 unspecified atom stereocenters. The number of aliphatic hydroxyl groups is 1. The van der Waals surface area contributed by atoms with Gasteiger partial charge in [0.15, 0.2) is 0 Å². The Bertz CT molecular complexity index is 361. The standard InChI is InChI=1S/C13H19NO/c1-12(2,15)10-5-3-4-6-11(10)13(9-14)7-8-13/h3-6,15H,7-9,14H2,1-2H3. The fourth-order valence-electron chi connectivity index (χ4n) is 2.21. The van der Waals surface area contributed by atoms with Crippen LogP contribution in [0.5, 0.6) is 0 Å². The summed E-state index contributed by atoms with van der Waals surface area (Å²) in [6.45, 7) is 4.34. The molecule has 0 spiro atoms. The van der Waals surface area contributed by atoms with Gasteiger partial charge in [-0.05, 0) is 37.8 Å². The molecule has 0 saturated heterocycles. The summed E-state index contributed by atoms with van der Waals surface area (Å²) in [5.41, 5.74) is 7.46. The van der Waals surface area contributed by atoms with E-state index in [1.165, 1.54) is 5.56 Å². The molecule has 1 aromatic carbocycles. The van der Waals surface area contributed by atoms with Crippen LogP contribution in [0.3, 0.4) is 0 Å². The highest BCUT2D eigenvalue weighted by atomic mass is 16.3. The van der Waals surface area contributed by atoms with Gasteiger partial charge in [0.2, 0.25) is 0 Å². The van der Waals surface area contributed by atoms with Crippen LogP contribution in [0.4, 0.5) is 0 Å². The molecule has 82 valence electrons. The molecule has 0 heterocycles. The highest BCUT2D eigenvalue weighted by molar-refractivity contribution is 5.41. The van der Waals surface area contributed by atoms with Crippen molar-refractivity contribution < 1.29 is 5.11 Å². The maximum atomic E-state index is 10.1. The molecule has 0 amide bonds. The second-order valence-electron chi connectivity index (χ2n) is 5.09. The van der Waals surface area contributed by atoms with Crippen LogP contribution in [-0.4, -0.2) is 11.7 Å². The first-order chi connectivity index (χ1) is 6.99. The lowest BCUT2D eigenvalue weighted by atomic mass is 9.84. The summed E-state index contributed by atoms with van der Waals surface area (Å²) >= 11 is 0. The van der Waals surface area contributed by atoms with E-state index in [2.05, 4.69) is 6.07 Å². The van der Waals surface area contributed by atoms with Gasteiger partial charge in [-0.15, -0.1) is 0 Å². The summed E-state index contributed by atoms with van der Waals surface area (Å²) in [6.07, 6.45) is 2.30. The maximum Gasteiger partial charge on any atom is 0.0843 e. The van der Waals surface area contributed by atoms with Gasteiger partial charge in [0.25, 0.3) is 0 Å². The summed E-state index contributed by atoms with van der Waals surface area (Å²) in [6, 6.07) is 8.11. The van der Waals surface area contributed by atoms with E-state index in [1.54, 1.807) is 0 Å². The van der Waals surface area contributed by atoms with Crippen LogP contribution >= 0.6 is 0 Å². The maximum absolute atomic E-state index is 10.1. The predicted molar refractivity (Wildman–Crippen MR) is 61.7 cm³/mol. The van der Waals surface area contributed by atoms with Gasteiger partial charge in [0, 0.05) is 12.0 Å². The Balaban J connectivity index is 2.48. The first kappa shape index (κ1) is 10.7. The fourth-order valence-corrected chi connectivity index (χ4v) is 2.21. The van der Waals surface area contributed by atoms with Crippen molar-refractivity contribution in [1.82, 2.24) is 0 Å². The highest BCUT2D eigenvalue weighted by Crippen LogP contribution is 2.49. The van der Waals surface area contributed by atoms with Gasteiger partial charge in [0.1, 0.15) is 0 Å². The van der Waals surface area contributed by atoms with E-state index in [4.69, 9.17) is 5.73 Å². The van der Waals surface area contributed by atoms with Gasteiger partial charge in [-0.1, -0.05) is 24.3 Å². The quantitative estimate of drug-likeness (QED) is 0.791. The molecule has 1 aromatic rings. The third-order valence-electron chi connectivity index (χ3n) is 3.40. The highest BCUT2D eigenvalue weighted by Gasteiger charge is 2.45. The molecule has 2 rings (SSSR count). The molecular weight excluding hydrogens is 186 g/mol. The summed E-state index contributed by atoms with van der Waals surface area (Å²) in [5, 5.41) is 10.1. The van der Waals surface area contributed by atoms with Gasteiger partial charge in [-0.3, -0.25) is 0 Å². The van der Waals surface area contributed by atoms with Crippen molar-refractivity contribution in [1.29, 1.82) is 0 Å². The molecule has 15 heavy (non-hydrogen) atoms. The van der Waals surface area contributed by atoms with E-state index >= 15 is 0 Å². The van der Waals surface area contributed by atoms with Crippen LogP contribution in [0, 0.1) is 0 Å². The summed E-state index contributed by atoms with van der Waals surface area (Å²) in [4.78, 5) is 0. The lowest BCUT2D eigenvalue weighted by Gasteiger charge is -2.25. The average Bonchev–Trinajstić information content (AvgIpc) is 2.97. The third kappa shape index (κ3) is 1.80. The minimum atomic E-state index is -0.776. The lowest BCUT2D eigenvalue weighted by Crippen LogP contribution is -2.26. The van der Waals surface area contributed by atoms with E-state index in [1.807, 2.05) is 32.0 Å². The predicted octanol–water partition coefficient (Wildman–Crippen LogP) is 1.90. The van der Waals surface area contributed by atoms with E-state index in [0.29, 0.717) is 6.54 Å². The molecule has 3 N–H and O–H groups in total. The molecular formula is C13H19NO. The summed E-state index contributed by atoms with van der Waals surface area (Å²) in [7, 11) is 0. The number of rotatable bonds is 3. The zero-order valence-electron chi connectivity index (χ0n) is 9.46. The third-order valence-corrected chi connectivity index (χ3v) is 3.40. The Morgan fingerprint density at radius 2 is 1.93 bits per heavy atom. The second kappa shape index (κ2) is 3.32. The van der Waals surface area contributed by atoms with E-state index < -0.39 is 5.60 Å². The van der Waals surface area contributed by atoms with Crippen molar-refractivity contribution in [3.8, 4) is 0 Å². The first-order valence-corrected chi connectivity index (χ1v) is 5.52. The van der Waals surface area contributed by atoms with E-state index in [0.717, 1.165) is 18.4 Å². The Hall–Kier alpha value is -0.860. The Kier molecular flexibility index (Phi) is 2.36. The van der Waals surface area contributed by atoms with Crippen LogP contribution in [-0.2, 0) is 11.0 Å². The summed E-state index contributed by atoms with van der Waals surface area (Å²) in [5.74, 6) is 0.